The molecule has 43 heavy (non-hydrogen) atoms. The minimum absolute atomic E-state index is 0.0648. The van der Waals surface area contributed by atoms with Gasteiger partial charge in [-0.05, 0) is 77.0 Å². The first kappa shape index (κ1) is 41.1. The van der Waals surface area contributed by atoms with Crippen molar-refractivity contribution in [3.63, 3.8) is 0 Å². The van der Waals surface area contributed by atoms with Crippen molar-refractivity contribution in [1.29, 1.82) is 0 Å². The molecule has 0 aliphatic rings. The van der Waals surface area contributed by atoms with Crippen molar-refractivity contribution in [2.24, 2.45) is 0 Å². The van der Waals surface area contributed by atoms with Gasteiger partial charge in [0.2, 0.25) is 0 Å². The van der Waals surface area contributed by atoms with Crippen molar-refractivity contribution in [2.75, 3.05) is 26.2 Å². The van der Waals surface area contributed by atoms with E-state index in [-0.39, 0.29) is 19.3 Å². The quantitative estimate of drug-likeness (QED) is 0.0430. The van der Waals surface area contributed by atoms with Crippen LogP contribution in [-0.2, 0) is 14.4 Å². The molecule has 0 aromatic carbocycles. The van der Waals surface area contributed by atoms with Gasteiger partial charge in [0.1, 0.15) is 0 Å². The number of carboxylic acids is 3. The molecule has 0 heterocycles. The van der Waals surface area contributed by atoms with Crippen molar-refractivity contribution in [3.05, 3.63) is 12.2 Å². The Labute approximate surface area is 264 Å². The molecule has 0 unspecified atom stereocenters. The summed E-state index contributed by atoms with van der Waals surface area (Å²) in [6.07, 6.45) is 31.4. The Morgan fingerprint density at radius 1 is 0.488 bits per heavy atom. The summed E-state index contributed by atoms with van der Waals surface area (Å²) in [5, 5.41) is 29.0. The highest BCUT2D eigenvalue weighted by molar-refractivity contribution is 5.66. The van der Waals surface area contributed by atoms with Gasteiger partial charge in [-0.25, -0.2) is 0 Å². The first-order valence-electron chi connectivity index (χ1n) is 17.9. The minimum Gasteiger partial charge on any atom is -0.550 e. The lowest BCUT2D eigenvalue weighted by atomic mass is 10.0. The molecule has 2 N–H and O–H groups in total. The summed E-state index contributed by atoms with van der Waals surface area (Å²) < 4.78 is 0.849. The van der Waals surface area contributed by atoms with Crippen LogP contribution in [0.3, 0.4) is 0 Å². The van der Waals surface area contributed by atoms with Gasteiger partial charge in [-0.1, -0.05) is 96.1 Å². The number of hydrogen-bond acceptors (Lipinski definition) is 4. The third-order valence-electron chi connectivity index (χ3n) is 8.68. The molecule has 0 rings (SSSR count). The van der Waals surface area contributed by atoms with E-state index in [1.807, 2.05) is 0 Å². The highest BCUT2D eigenvalue weighted by atomic mass is 16.4. The highest BCUT2D eigenvalue weighted by Gasteiger charge is 2.26. The van der Waals surface area contributed by atoms with Crippen molar-refractivity contribution < 1.29 is 34.2 Å². The zero-order valence-electron chi connectivity index (χ0n) is 27.8. The van der Waals surface area contributed by atoms with Gasteiger partial charge in [-0.15, -0.1) is 0 Å². The number of carbonyl (C=O) groups excluding carboxylic acids is 1. The van der Waals surface area contributed by atoms with Crippen LogP contribution in [0.2, 0.25) is 0 Å². The largest absolute Gasteiger partial charge is 0.550 e. The third kappa shape index (κ3) is 29.9. The number of rotatable bonds is 34. The number of allylic oxidation sites excluding steroid dienone is 2. The van der Waals surface area contributed by atoms with Gasteiger partial charge >= 0.3 is 11.9 Å². The minimum atomic E-state index is -1.02. The molecule has 0 amide bonds. The van der Waals surface area contributed by atoms with Gasteiger partial charge < -0.3 is 24.6 Å². The molecule has 0 fully saturated rings. The van der Waals surface area contributed by atoms with E-state index in [1.165, 1.54) is 103 Å². The molecule has 0 atom stereocenters. The molecular formula is C36H67NO6. The first-order chi connectivity index (χ1) is 20.8. The van der Waals surface area contributed by atoms with Gasteiger partial charge in [0.05, 0.1) is 26.2 Å². The Morgan fingerprint density at radius 3 is 1.19 bits per heavy atom. The number of carbonyl (C=O) groups is 3. The predicted octanol–water partition coefficient (Wildman–Crippen LogP) is 8.44. The van der Waals surface area contributed by atoms with Gasteiger partial charge in [0.15, 0.2) is 0 Å². The van der Waals surface area contributed by atoms with Gasteiger partial charge in [-0.3, -0.25) is 9.59 Å². The zero-order valence-corrected chi connectivity index (χ0v) is 27.8. The number of aliphatic carboxylic acids is 3. The Balaban J connectivity index is 4.26. The van der Waals surface area contributed by atoms with E-state index in [9.17, 15) is 19.5 Å². The summed E-state index contributed by atoms with van der Waals surface area (Å²) >= 11 is 0. The molecule has 7 heteroatoms. The molecule has 0 aliphatic heterocycles. The third-order valence-corrected chi connectivity index (χ3v) is 8.68. The van der Waals surface area contributed by atoms with Gasteiger partial charge in [0.25, 0.3) is 0 Å². The summed E-state index contributed by atoms with van der Waals surface area (Å²) in [6.45, 7) is 5.84. The maximum Gasteiger partial charge on any atom is 0.303 e. The van der Waals surface area contributed by atoms with Crippen molar-refractivity contribution in [3.8, 4) is 0 Å². The van der Waals surface area contributed by atoms with Crippen LogP contribution in [0.4, 0.5) is 0 Å². The van der Waals surface area contributed by atoms with E-state index < -0.39 is 17.9 Å². The van der Waals surface area contributed by atoms with Crippen LogP contribution < -0.4 is 5.11 Å². The normalized spacial score (nSPS) is 11.8. The molecule has 0 radical (unpaired) electrons. The number of quaternary nitrogens is 1. The predicted molar refractivity (Wildman–Crippen MR) is 175 cm³/mol. The van der Waals surface area contributed by atoms with Crippen LogP contribution in [0.5, 0.6) is 0 Å². The van der Waals surface area contributed by atoms with Crippen molar-refractivity contribution in [2.45, 2.75) is 174 Å². The molecule has 7 nitrogen and oxygen atoms in total. The standard InChI is InChI=1S/C36H67NO6/c1-2-3-4-5-6-7-8-9-10-11-12-13-14-15-16-17-18-19-23-30-37(31-24-20-27-34(38)39,32-25-21-28-35(40)41)33-26-22-29-36(42)43/h4-5H,2-3,6-33H2,1H3,(H2-,38,39,40,41,42,43)/b5-4+. The van der Waals surface area contributed by atoms with E-state index in [0.717, 1.165) is 56.3 Å². The molecule has 252 valence electrons. The summed E-state index contributed by atoms with van der Waals surface area (Å²) in [7, 11) is 0. The van der Waals surface area contributed by atoms with Crippen LogP contribution in [0.15, 0.2) is 12.2 Å². The van der Waals surface area contributed by atoms with Crippen LogP contribution in [0, 0.1) is 0 Å². The second kappa shape index (κ2) is 30.1. The molecule has 0 bridgehead atoms. The summed E-state index contributed by atoms with van der Waals surface area (Å²) in [4.78, 5) is 32.9. The van der Waals surface area contributed by atoms with Crippen molar-refractivity contribution >= 4 is 17.9 Å². The van der Waals surface area contributed by atoms with E-state index in [1.54, 1.807) is 0 Å². The molecule has 0 saturated carbocycles. The SMILES string of the molecule is CCC/C=C/CCCCCCCCCCCCCCCC[N+](CCCCC(=O)[O-])(CCCCC(=O)O)CCCCC(=O)O. The highest BCUT2D eigenvalue weighted by Crippen LogP contribution is 2.20. The molecule has 0 spiro atoms. The summed E-state index contributed by atoms with van der Waals surface area (Å²) in [5.41, 5.74) is 0. The second-order valence-electron chi connectivity index (χ2n) is 12.8. The fourth-order valence-corrected chi connectivity index (χ4v) is 6.07. The lowest BCUT2D eigenvalue weighted by Gasteiger charge is -2.39. The van der Waals surface area contributed by atoms with E-state index in [4.69, 9.17) is 10.2 Å². The Hall–Kier alpha value is -1.89. The lowest BCUT2D eigenvalue weighted by Crippen LogP contribution is -2.51. The maximum absolute atomic E-state index is 11.0. The van der Waals surface area contributed by atoms with Crippen LogP contribution in [0.1, 0.15) is 174 Å². The molecule has 0 aromatic heterocycles. The topological polar surface area (TPSA) is 115 Å². The zero-order chi connectivity index (χ0) is 31.9. The fraction of sp³-hybridized carbons (Fsp3) is 0.861. The van der Waals surface area contributed by atoms with Crippen LogP contribution >= 0.6 is 0 Å². The fourth-order valence-electron chi connectivity index (χ4n) is 6.07. The average Bonchev–Trinajstić information content (AvgIpc) is 2.96. The lowest BCUT2D eigenvalue weighted by molar-refractivity contribution is -0.929. The number of unbranched alkanes of at least 4 members (excludes halogenated alkanes) is 18. The number of nitrogens with zero attached hydrogens (tertiary/aromatic N) is 1. The Kier molecular flexibility index (Phi) is 28.8. The second-order valence-corrected chi connectivity index (χ2v) is 12.8. The summed E-state index contributed by atoms with van der Waals surface area (Å²) in [5.74, 6) is -2.56. The summed E-state index contributed by atoms with van der Waals surface area (Å²) in [6, 6.07) is 0. The average molecular weight is 610 g/mol. The van der Waals surface area contributed by atoms with Crippen molar-refractivity contribution in [1.82, 2.24) is 0 Å². The van der Waals surface area contributed by atoms with E-state index in [2.05, 4.69) is 19.1 Å². The Bertz CT molecular complexity index is 653. The number of hydrogen-bond donors (Lipinski definition) is 2. The number of carboxylic acid groups (broad SMARTS) is 3. The van der Waals surface area contributed by atoms with Gasteiger partial charge in [0, 0.05) is 18.8 Å². The molecule has 0 aliphatic carbocycles. The smallest absolute Gasteiger partial charge is 0.303 e. The molecule has 0 saturated heterocycles. The van der Waals surface area contributed by atoms with Gasteiger partial charge in [-0.2, -0.15) is 0 Å². The monoisotopic (exact) mass is 609 g/mol. The molecule has 0 aromatic rings. The van der Waals surface area contributed by atoms with Crippen LogP contribution in [0.25, 0.3) is 0 Å². The first-order valence-corrected chi connectivity index (χ1v) is 17.9. The molecular weight excluding hydrogens is 542 g/mol. The van der Waals surface area contributed by atoms with Crippen LogP contribution in [-0.4, -0.2) is 58.8 Å². The Morgan fingerprint density at radius 2 is 0.814 bits per heavy atom. The maximum atomic E-state index is 11.0. The van der Waals surface area contributed by atoms with E-state index in [0.29, 0.717) is 19.3 Å². The van der Waals surface area contributed by atoms with E-state index >= 15 is 0 Å².